The van der Waals surface area contributed by atoms with Gasteiger partial charge in [0.05, 0.1) is 11.2 Å². The Labute approximate surface area is 132 Å². The van der Waals surface area contributed by atoms with Crippen molar-refractivity contribution in [2.24, 2.45) is 0 Å². The maximum Gasteiger partial charge on any atom is 0.352 e. The third-order valence-corrected chi connectivity index (χ3v) is 5.25. The van der Waals surface area contributed by atoms with Crippen LogP contribution in [0.25, 0.3) is 10.9 Å². The van der Waals surface area contributed by atoms with E-state index in [9.17, 15) is 13.2 Å². The van der Waals surface area contributed by atoms with Crippen molar-refractivity contribution >= 4 is 32.6 Å². The molecule has 2 heterocycles. The summed E-state index contributed by atoms with van der Waals surface area (Å²) < 4.78 is 26.5. The van der Waals surface area contributed by atoms with Crippen LogP contribution in [0.5, 0.6) is 0 Å². The summed E-state index contributed by atoms with van der Waals surface area (Å²) in [7, 11) is -2.49. The summed E-state index contributed by atoms with van der Waals surface area (Å²) in [4.78, 5) is 17.5. The molecule has 2 aromatic heterocycles. The Hall–Kier alpha value is -2.87. The molecule has 0 radical (unpaired) electrons. The number of aromatic carboxylic acids is 1. The number of nitrogens with one attached hydrogen (secondary N) is 1. The van der Waals surface area contributed by atoms with E-state index in [1.54, 1.807) is 24.4 Å². The standard InChI is InChI=1S/C15H13N3O4S/c1-18(13-6-2-4-10-5-3-7-16-14(10)13)23(21,22)11-8-12(15(19)20)17-9-11/h2-9,17H,1H3,(H,19,20). The summed E-state index contributed by atoms with van der Waals surface area (Å²) >= 11 is 0. The van der Waals surface area contributed by atoms with Crippen LogP contribution >= 0.6 is 0 Å². The van der Waals surface area contributed by atoms with Crippen molar-refractivity contribution in [2.75, 3.05) is 11.4 Å². The van der Waals surface area contributed by atoms with E-state index in [4.69, 9.17) is 5.11 Å². The van der Waals surface area contributed by atoms with E-state index in [2.05, 4.69) is 9.97 Å². The number of aromatic nitrogens is 2. The van der Waals surface area contributed by atoms with E-state index >= 15 is 0 Å². The highest BCUT2D eigenvalue weighted by Crippen LogP contribution is 2.28. The van der Waals surface area contributed by atoms with Gasteiger partial charge in [-0.05, 0) is 18.2 Å². The molecule has 0 saturated carbocycles. The van der Waals surface area contributed by atoms with E-state index in [0.29, 0.717) is 11.2 Å². The summed E-state index contributed by atoms with van der Waals surface area (Å²) in [5.74, 6) is -1.22. The highest BCUT2D eigenvalue weighted by Gasteiger charge is 2.25. The number of hydrogen-bond acceptors (Lipinski definition) is 4. The zero-order valence-electron chi connectivity index (χ0n) is 12.1. The smallest absolute Gasteiger partial charge is 0.352 e. The fourth-order valence-electron chi connectivity index (χ4n) is 2.28. The predicted molar refractivity (Wildman–Crippen MR) is 85.1 cm³/mol. The van der Waals surface area contributed by atoms with Gasteiger partial charge < -0.3 is 10.1 Å². The van der Waals surface area contributed by atoms with Gasteiger partial charge in [0, 0.05) is 24.8 Å². The Morgan fingerprint density at radius 1 is 1.26 bits per heavy atom. The van der Waals surface area contributed by atoms with Crippen LogP contribution in [-0.2, 0) is 10.0 Å². The molecule has 7 nitrogen and oxygen atoms in total. The van der Waals surface area contributed by atoms with Crippen LogP contribution < -0.4 is 4.31 Å². The van der Waals surface area contributed by atoms with E-state index in [1.165, 1.54) is 7.05 Å². The Bertz CT molecular complexity index is 989. The zero-order chi connectivity index (χ0) is 16.6. The second-order valence-electron chi connectivity index (χ2n) is 4.88. The van der Waals surface area contributed by atoms with Crippen LogP contribution in [0.3, 0.4) is 0 Å². The second-order valence-corrected chi connectivity index (χ2v) is 6.85. The minimum atomic E-state index is -3.90. The zero-order valence-corrected chi connectivity index (χ0v) is 12.9. The highest BCUT2D eigenvalue weighted by molar-refractivity contribution is 7.92. The Morgan fingerprint density at radius 3 is 2.70 bits per heavy atom. The molecule has 8 heteroatoms. The fourth-order valence-corrected chi connectivity index (χ4v) is 3.47. The Morgan fingerprint density at radius 2 is 2.00 bits per heavy atom. The van der Waals surface area contributed by atoms with Crippen molar-refractivity contribution in [3.05, 3.63) is 54.5 Å². The molecule has 0 aliphatic heterocycles. The molecule has 0 bridgehead atoms. The average molecular weight is 331 g/mol. The molecule has 1 aromatic carbocycles. The Balaban J connectivity index is 2.10. The maximum atomic E-state index is 12.7. The third kappa shape index (κ3) is 2.53. The summed E-state index contributed by atoms with van der Waals surface area (Å²) in [6.07, 6.45) is 2.75. The lowest BCUT2D eigenvalue weighted by Crippen LogP contribution is -2.26. The normalized spacial score (nSPS) is 11.5. The lowest BCUT2D eigenvalue weighted by Gasteiger charge is -2.19. The van der Waals surface area contributed by atoms with Crippen molar-refractivity contribution in [1.29, 1.82) is 0 Å². The lowest BCUT2D eigenvalue weighted by molar-refractivity contribution is 0.0691. The molecule has 2 N–H and O–H groups in total. The molecular weight excluding hydrogens is 318 g/mol. The van der Waals surface area contributed by atoms with Gasteiger partial charge in [-0.1, -0.05) is 18.2 Å². The number of rotatable bonds is 4. The minimum Gasteiger partial charge on any atom is -0.477 e. The second kappa shape index (κ2) is 5.40. The first kappa shape index (κ1) is 15.0. The molecule has 0 amide bonds. The van der Waals surface area contributed by atoms with Crippen LogP contribution in [0, 0.1) is 0 Å². The highest BCUT2D eigenvalue weighted by atomic mass is 32.2. The number of nitrogens with zero attached hydrogens (tertiary/aromatic N) is 2. The molecule has 0 spiro atoms. The number of aromatic amines is 1. The quantitative estimate of drug-likeness (QED) is 0.762. The fraction of sp³-hybridized carbons (Fsp3) is 0.0667. The number of anilines is 1. The van der Waals surface area contributed by atoms with Gasteiger partial charge >= 0.3 is 5.97 Å². The molecule has 0 saturated heterocycles. The topological polar surface area (TPSA) is 103 Å². The number of carboxylic acids is 1. The predicted octanol–water partition coefficient (Wildman–Crippen LogP) is 2.09. The van der Waals surface area contributed by atoms with Crippen LogP contribution in [-0.4, -0.2) is 36.5 Å². The minimum absolute atomic E-state index is 0.120. The summed E-state index contributed by atoms with van der Waals surface area (Å²) in [6.45, 7) is 0. The van der Waals surface area contributed by atoms with Gasteiger partial charge in [-0.15, -0.1) is 0 Å². The van der Waals surface area contributed by atoms with Gasteiger partial charge in [0.1, 0.15) is 10.6 Å². The van der Waals surface area contributed by atoms with E-state index < -0.39 is 16.0 Å². The van der Waals surface area contributed by atoms with E-state index in [0.717, 1.165) is 22.0 Å². The Kier molecular flexibility index (Phi) is 3.53. The molecule has 0 aliphatic carbocycles. The molecule has 0 unspecified atom stereocenters. The maximum absolute atomic E-state index is 12.7. The summed E-state index contributed by atoms with van der Waals surface area (Å²) in [6, 6.07) is 9.93. The first-order valence-electron chi connectivity index (χ1n) is 6.65. The lowest BCUT2D eigenvalue weighted by atomic mass is 10.2. The van der Waals surface area contributed by atoms with Crippen molar-refractivity contribution < 1.29 is 18.3 Å². The van der Waals surface area contributed by atoms with Crippen molar-refractivity contribution in [3.63, 3.8) is 0 Å². The van der Waals surface area contributed by atoms with Gasteiger partial charge in [-0.25, -0.2) is 13.2 Å². The molecule has 3 rings (SSSR count). The molecular formula is C15H13N3O4S. The van der Waals surface area contributed by atoms with Crippen LogP contribution in [0.1, 0.15) is 10.5 Å². The van der Waals surface area contributed by atoms with Gasteiger partial charge in [0.2, 0.25) is 0 Å². The number of fused-ring (bicyclic) bond motifs is 1. The van der Waals surface area contributed by atoms with E-state index in [1.807, 2.05) is 12.1 Å². The molecule has 0 atom stereocenters. The number of H-pyrrole nitrogens is 1. The average Bonchev–Trinajstić information content (AvgIpc) is 3.04. The summed E-state index contributed by atoms with van der Waals surface area (Å²) in [5.41, 5.74) is 0.782. The van der Waals surface area contributed by atoms with Crippen LogP contribution in [0.4, 0.5) is 5.69 Å². The van der Waals surface area contributed by atoms with Crippen LogP contribution in [0.2, 0.25) is 0 Å². The van der Waals surface area contributed by atoms with Gasteiger partial charge in [-0.2, -0.15) is 0 Å². The van der Waals surface area contributed by atoms with E-state index in [-0.39, 0.29) is 10.6 Å². The number of para-hydroxylation sites is 1. The molecule has 0 fully saturated rings. The summed E-state index contributed by atoms with van der Waals surface area (Å²) in [5, 5.41) is 9.72. The molecule has 0 aliphatic rings. The number of carbonyl (C=O) groups is 1. The first-order valence-corrected chi connectivity index (χ1v) is 8.09. The van der Waals surface area contributed by atoms with Crippen molar-refractivity contribution in [3.8, 4) is 0 Å². The molecule has 118 valence electrons. The monoisotopic (exact) mass is 331 g/mol. The number of pyridine rings is 1. The van der Waals surface area contributed by atoms with Gasteiger partial charge in [0.25, 0.3) is 10.0 Å². The van der Waals surface area contributed by atoms with Gasteiger partial charge in [0.15, 0.2) is 0 Å². The number of carboxylic acid groups (broad SMARTS) is 1. The largest absolute Gasteiger partial charge is 0.477 e. The number of hydrogen-bond donors (Lipinski definition) is 2. The van der Waals surface area contributed by atoms with Gasteiger partial charge in [-0.3, -0.25) is 9.29 Å². The van der Waals surface area contributed by atoms with Crippen LogP contribution in [0.15, 0.2) is 53.7 Å². The van der Waals surface area contributed by atoms with Crippen molar-refractivity contribution in [2.45, 2.75) is 4.90 Å². The third-order valence-electron chi connectivity index (χ3n) is 3.50. The SMILES string of the molecule is CN(c1cccc2cccnc12)S(=O)(=O)c1c[nH]c(C(=O)O)c1. The van der Waals surface area contributed by atoms with Crippen molar-refractivity contribution in [1.82, 2.24) is 9.97 Å². The molecule has 23 heavy (non-hydrogen) atoms. The number of sulfonamides is 1. The number of benzene rings is 1. The first-order chi connectivity index (χ1) is 10.9. The molecule has 3 aromatic rings.